The molecule has 1 aromatic heterocycles. The normalized spacial score (nSPS) is 11.8. The van der Waals surface area contributed by atoms with Crippen LogP contribution in [-0.2, 0) is 4.79 Å². The van der Waals surface area contributed by atoms with E-state index in [1.54, 1.807) is 13.0 Å². The first-order valence-corrected chi connectivity index (χ1v) is 5.07. The van der Waals surface area contributed by atoms with Crippen LogP contribution in [0.5, 0.6) is 0 Å². The van der Waals surface area contributed by atoms with Crippen LogP contribution in [0.2, 0.25) is 0 Å². The first-order chi connectivity index (χ1) is 8.33. The molecular weight excluding hydrogens is 249 g/mol. The molecule has 0 spiro atoms. The van der Waals surface area contributed by atoms with Crippen LogP contribution in [0, 0.1) is 6.92 Å². The Bertz CT molecular complexity index is 589. The van der Waals surface area contributed by atoms with Crippen LogP contribution < -0.4 is 5.32 Å². The van der Waals surface area contributed by atoms with Crippen molar-refractivity contribution >= 4 is 22.7 Å². The van der Waals surface area contributed by atoms with Crippen LogP contribution in [0.3, 0.4) is 0 Å². The molecule has 7 heteroatoms. The molecule has 1 amide bonds. The van der Waals surface area contributed by atoms with Crippen molar-refractivity contribution < 1.29 is 22.4 Å². The minimum absolute atomic E-state index is 0.243. The number of nitrogens with one attached hydrogen (secondary N) is 1. The number of carbonyl (C=O) groups is 1. The zero-order chi connectivity index (χ0) is 13.3. The van der Waals surface area contributed by atoms with Gasteiger partial charge in [-0.1, -0.05) is 0 Å². The minimum Gasteiger partial charge on any atom is -0.441 e. The van der Waals surface area contributed by atoms with Gasteiger partial charge in [-0.25, -0.2) is 4.98 Å². The molecule has 1 heterocycles. The van der Waals surface area contributed by atoms with E-state index in [0.29, 0.717) is 17.0 Å². The topological polar surface area (TPSA) is 55.1 Å². The third-order valence-electron chi connectivity index (χ3n) is 2.14. The molecule has 1 aromatic carbocycles. The Balaban J connectivity index is 2.14. The number of oxazole rings is 1. The Morgan fingerprint density at radius 1 is 1.44 bits per heavy atom. The van der Waals surface area contributed by atoms with Gasteiger partial charge < -0.3 is 9.73 Å². The predicted molar refractivity (Wildman–Crippen MR) is 58.0 cm³/mol. The third-order valence-corrected chi connectivity index (χ3v) is 2.14. The number of amides is 1. The standard InChI is InChI=1S/C11H9F3N2O2/c1-6-15-8-3-2-7(4-9(8)18-6)16-10(17)5-11(12,13)14/h2-4H,5H2,1H3,(H,16,17). The molecule has 0 radical (unpaired) electrons. The molecule has 0 aliphatic carbocycles. The van der Waals surface area contributed by atoms with E-state index in [-0.39, 0.29) is 5.69 Å². The number of anilines is 1. The van der Waals surface area contributed by atoms with E-state index in [9.17, 15) is 18.0 Å². The molecule has 0 bridgehead atoms. The van der Waals surface area contributed by atoms with Crippen LogP contribution >= 0.6 is 0 Å². The number of halogens is 3. The fraction of sp³-hybridized carbons (Fsp3) is 0.273. The monoisotopic (exact) mass is 258 g/mol. The maximum Gasteiger partial charge on any atom is 0.397 e. The van der Waals surface area contributed by atoms with E-state index < -0.39 is 18.5 Å². The lowest BCUT2D eigenvalue weighted by Crippen LogP contribution is -2.21. The van der Waals surface area contributed by atoms with Crippen molar-refractivity contribution in [2.45, 2.75) is 19.5 Å². The summed E-state index contributed by atoms with van der Waals surface area (Å²) in [6.45, 7) is 1.65. The van der Waals surface area contributed by atoms with Gasteiger partial charge in [-0.05, 0) is 12.1 Å². The molecule has 0 fully saturated rings. The summed E-state index contributed by atoms with van der Waals surface area (Å²) in [5.74, 6) is -0.665. The number of hydrogen-bond acceptors (Lipinski definition) is 3. The number of rotatable bonds is 2. The second-order valence-corrected chi connectivity index (χ2v) is 3.76. The number of carbonyl (C=O) groups excluding carboxylic acids is 1. The fourth-order valence-corrected chi connectivity index (χ4v) is 1.50. The summed E-state index contributed by atoms with van der Waals surface area (Å²) in [6, 6.07) is 4.47. The molecule has 1 N–H and O–H groups in total. The highest BCUT2D eigenvalue weighted by Crippen LogP contribution is 2.22. The van der Waals surface area contributed by atoms with Crippen molar-refractivity contribution in [2.75, 3.05) is 5.32 Å². The maximum atomic E-state index is 12.0. The second-order valence-electron chi connectivity index (χ2n) is 3.76. The van der Waals surface area contributed by atoms with Gasteiger partial charge in [0.1, 0.15) is 11.9 Å². The molecule has 0 atom stereocenters. The average Bonchev–Trinajstić information content (AvgIpc) is 2.53. The van der Waals surface area contributed by atoms with Crippen LogP contribution in [0.1, 0.15) is 12.3 Å². The Labute approximate surface area is 99.8 Å². The van der Waals surface area contributed by atoms with E-state index >= 15 is 0 Å². The van der Waals surface area contributed by atoms with E-state index in [0.717, 1.165) is 0 Å². The quantitative estimate of drug-likeness (QED) is 0.900. The lowest BCUT2D eigenvalue weighted by Gasteiger charge is -2.07. The largest absolute Gasteiger partial charge is 0.441 e. The van der Waals surface area contributed by atoms with Gasteiger partial charge in [-0.15, -0.1) is 0 Å². The highest BCUT2D eigenvalue weighted by molar-refractivity contribution is 5.93. The van der Waals surface area contributed by atoms with Crippen LogP contribution in [0.15, 0.2) is 22.6 Å². The number of nitrogens with zero attached hydrogens (tertiary/aromatic N) is 1. The SMILES string of the molecule is Cc1nc2ccc(NC(=O)CC(F)(F)F)cc2o1. The average molecular weight is 258 g/mol. The number of benzene rings is 1. The van der Waals surface area contributed by atoms with E-state index in [4.69, 9.17) is 4.42 Å². The zero-order valence-electron chi connectivity index (χ0n) is 9.34. The van der Waals surface area contributed by atoms with Gasteiger partial charge in [0.25, 0.3) is 0 Å². The maximum absolute atomic E-state index is 12.0. The Morgan fingerprint density at radius 3 is 2.83 bits per heavy atom. The second kappa shape index (κ2) is 4.32. The first kappa shape index (κ1) is 12.4. The molecule has 0 aliphatic rings. The van der Waals surface area contributed by atoms with Crippen molar-refractivity contribution in [1.82, 2.24) is 4.98 Å². The summed E-state index contributed by atoms with van der Waals surface area (Å²) in [5, 5.41) is 2.15. The summed E-state index contributed by atoms with van der Waals surface area (Å²) < 4.78 is 41.1. The van der Waals surface area contributed by atoms with Crippen LogP contribution in [-0.4, -0.2) is 17.1 Å². The van der Waals surface area contributed by atoms with Gasteiger partial charge in [-0.3, -0.25) is 4.79 Å². The van der Waals surface area contributed by atoms with Crippen molar-refractivity contribution in [1.29, 1.82) is 0 Å². The molecule has 18 heavy (non-hydrogen) atoms. The minimum atomic E-state index is -4.52. The molecule has 4 nitrogen and oxygen atoms in total. The van der Waals surface area contributed by atoms with Crippen molar-refractivity contribution in [3.05, 3.63) is 24.1 Å². The third kappa shape index (κ3) is 2.99. The van der Waals surface area contributed by atoms with E-state index in [1.165, 1.54) is 12.1 Å². The van der Waals surface area contributed by atoms with Gasteiger partial charge in [0.15, 0.2) is 11.5 Å². The van der Waals surface area contributed by atoms with E-state index in [1.807, 2.05) is 0 Å². The predicted octanol–water partition coefficient (Wildman–Crippen LogP) is 3.03. The Kier molecular flexibility index (Phi) is 2.98. The summed E-state index contributed by atoms with van der Waals surface area (Å²) in [4.78, 5) is 15.1. The van der Waals surface area contributed by atoms with Gasteiger partial charge in [-0.2, -0.15) is 13.2 Å². The number of fused-ring (bicyclic) bond motifs is 1. The molecule has 2 aromatic rings. The molecule has 0 unspecified atom stereocenters. The number of aryl methyl sites for hydroxylation is 1. The van der Waals surface area contributed by atoms with Crippen LogP contribution in [0.4, 0.5) is 18.9 Å². The van der Waals surface area contributed by atoms with Crippen molar-refractivity contribution in [2.24, 2.45) is 0 Å². The molecule has 0 aliphatic heterocycles. The van der Waals surface area contributed by atoms with Gasteiger partial charge in [0, 0.05) is 18.7 Å². The Morgan fingerprint density at radius 2 is 2.17 bits per heavy atom. The van der Waals surface area contributed by atoms with Gasteiger partial charge in [0.2, 0.25) is 5.91 Å². The lowest BCUT2D eigenvalue weighted by molar-refractivity contribution is -0.150. The molecule has 96 valence electrons. The highest BCUT2D eigenvalue weighted by Gasteiger charge is 2.31. The summed E-state index contributed by atoms with van der Waals surface area (Å²) in [6.07, 6.45) is -6.03. The molecular formula is C11H9F3N2O2. The molecule has 2 rings (SSSR count). The van der Waals surface area contributed by atoms with Gasteiger partial charge in [0.05, 0.1) is 0 Å². The number of hydrogen-bond donors (Lipinski definition) is 1. The highest BCUT2D eigenvalue weighted by atomic mass is 19.4. The number of alkyl halides is 3. The summed E-state index contributed by atoms with van der Waals surface area (Å²) in [5.41, 5.74) is 1.24. The summed E-state index contributed by atoms with van der Waals surface area (Å²) in [7, 11) is 0. The summed E-state index contributed by atoms with van der Waals surface area (Å²) >= 11 is 0. The van der Waals surface area contributed by atoms with E-state index in [2.05, 4.69) is 10.3 Å². The first-order valence-electron chi connectivity index (χ1n) is 5.07. The van der Waals surface area contributed by atoms with Crippen LogP contribution in [0.25, 0.3) is 11.1 Å². The molecule has 0 saturated carbocycles. The lowest BCUT2D eigenvalue weighted by atomic mass is 10.2. The van der Waals surface area contributed by atoms with Gasteiger partial charge >= 0.3 is 6.18 Å². The smallest absolute Gasteiger partial charge is 0.397 e. The molecule has 0 saturated heterocycles. The fourth-order valence-electron chi connectivity index (χ4n) is 1.50. The van der Waals surface area contributed by atoms with Crippen molar-refractivity contribution in [3.63, 3.8) is 0 Å². The van der Waals surface area contributed by atoms with Crippen molar-refractivity contribution in [3.8, 4) is 0 Å². The number of aromatic nitrogens is 1. The zero-order valence-corrected chi connectivity index (χ0v) is 9.34. The Hall–Kier alpha value is -2.05.